The highest BCUT2D eigenvalue weighted by Crippen LogP contribution is 2.27. The van der Waals surface area contributed by atoms with E-state index in [1.807, 2.05) is 13.8 Å². The van der Waals surface area contributed by atoms with Gasteiger partial charge in [0.15, 0.2) is 0 Å². The molecule has 1 aromatic heterocycles. The summed E-state index contributed by atoms with van der Waals surface area (Å²) in [6.45, 7) is 6.03. The van der Waals surface area contributed by atoms with Crippen LogP contribution in [0.3, 0.4) is 0 Å². The van der Waals surface area contributed by atoms with Crippen LogP contribution in [-0.2, 0) is 0 Å². The van der Waals surface area contributed by atoms with Gasteiger partial charge in [0.25, 0.3) is 0 Å². The van der Waals surface area contributed by atoms with Crippen LogP contribution in [0.5, 0.6) is 5.75 Å². The van der Waals surface area contributed by atoms with Crippen molar-refractivity contribution in [3.63, 3.8) is 0 Å². The normalized spacial score (nSPS) is 11.3. The first kappa shape index (κ1) is 13.8. The summed E-state index contributed by atoms with van der Waals surface area (Å²) in [5.41, 5.74) is 0.458. The maximum atomic E-state index is 10.8. The van der Waals surface area contributed by atoms with E-state index in [0.29, 0.717) is 18.1 Å². The van der Waals surface area contributed by atoms with Crippen molar-refractivity contribution in [3.05, 3.63) is 27.9 Å². The third-order valence-corrected chi connectivity index (χ3v) is 3.05. The monoisotopic (exact) mass is 256 g/mol. The molecular formula is C11H16N2O3S. The third kappa shape index (κ3) is 3.89. The number of aryl methyl sites for hydroxylation is 1. The number of hydrogen-bond acceptors (Lipinski definition) is 5. The van der Waals surface area contributed by atoms with Crippen molar-refractivity contribution in [1.82, 2.24) is 4.98 Å². The van der Waals surface area contributed by atoms with Crippen LogP contribution in [0.2, 0.25) is 0 Å². The van der Waals surface area contributed by atoms with E-state index >= 15 is 0 Å². The van der Waals surface area contributed by atoms with Crippen molar-refractivity contribution in [2.24, 2.45) is 5.41 Å². The Bertz CT molecular complexity index is 421. The first-order valence-electron chi connectivity index (χ1n) is 5.21. The van der Waals surface area contributed by atoms with Crippen molar-refractivity contribution in [1.29, 1.82) is 0 Å². The van der Waals surface area contributed by atoms with Gasteiger partial charge in [-0.2, -0.15) is 12.6 Å². The Labute approximate surface area is 106 Å². The van der Waals surface area contributed by atoms with Crippen LogP contribution in [-0.4, -0.2) is 22.3 Å². The number of thiol groups is 1. The van der Waals surface area contributed by atoms with Crippen molar-refractivity contribution in [2.45, 2.75) is 20.8 Å². The van der Waals surface area contributed by atoms with Gasteiger partial charge in [-0.25, -0.2) is 0 Å². The predicted octanol–water partition coefficient (Wildman–Crippen LogP) is 2.63. The highest BCUT2D eigenvalue weighted by atomic mass is 32.1. The van der Waals surface area contributed by atoms with Crippen molar-refractivity contribution >= 4 is 18.4 Å². The van der Waals surface area contributed by atoms with Crippen LogP contribution in [0.25, 0.3) is 0 Å². The molecule has 0 aliphatic rings. The van der Waals surface area contributed by atoms with Gasteiger partial charge in [0.1, 0.15) is 5.69 Å². The Balaban J connectivity index is 2.88. The minimum Gasteiger partial charge on any atom is -0.485 e. The lowest BCUT2D eigenvalue weighted by atomic mass is 9.98. The third-order valence-electron chi connectivity index (χ3n) is 2.20. The second-order valence-corrected chi connectivity index (χ2v) is 4.96. The van der Waals surface area contributed by atoms with Crippen LogP contribution < -0.4 is 4.74 Å². The zero-order valence-electron chi connectivity index (χ0n) is 10.1. The standard InChI is InChI=1S/C11H16N2O3S/c1-8-4-5-9(10(12-8)13(14)15)16-6-11(2,3)7-17/h4-5,17H,6-7H2,1-3H3. The zero-order chi connectivity index (χ0) is 13.1. The molecule has 5 nitrogen and oxygen atoms in total. The largest absolute Gasteiger partial charge is 0.485 e. The fourth-order valence-corrected chi connectivity index (χ4v) is 1.18. The SMILES string of the molecule is Cc1ccc(OCC(C)(C)CS)c([N+](=O)[O-])n1. The van der Waals surface area contributed by atoms with Crippen LogP contribution >= 0.6 is 12.6 Å². The van der Waals surface area contributed by atoms with E-state index in [1.54, 1.807) is 19.1 Å². The smallest absolute Gasteiger partial charge is 0.406 e. The van der Waals surface area contributed by atoms with Crippen molar-refractivity contribution in [2.75, 3.05) is 12.4 Å². The quantitative estimate of drug-likeness (QED) is 0.499. The van der Waals surface area contributed by atoms with Gasteiger partial charge in [0, 0.05) is 12.3 Å². The molecule has 0 saturated carbocycles. The molecule has 0 spiro atoms. The average Bonchev–Trinajstić information content (AvgIpc) is 2.27. The first-order chi connectivity index (χ1) is 7.85. The Morgan fingerprint density at radius 1 is 1.53 bits per heavy atom. The molecule has 0 amide bonds. The summed E-state index contributed by atoms with van der Waals surface area (Å²) in [5, 5.41) is 10.8. The summed E-state index contributed by atoms with van der Waals surface area (Å²) in [5.74, 6) is 0.607. The molecule has 94 valence electrons. The molecule has 0 aliphatic heterocycles. The second kappa shape index (κ2) is 5.35. The lowest BCUT2D eigenvalue weighted by Gasteiger charge is -2.21. The van der Waals surface area contributed by atoms with E-state index in [4.69, 9.17) is 4.74 Å². The van der Waals surface area contributed by atoms with E-state index in [0.717, 1.165) is 0 Å². The van der Waals surface area contributed by atoms with Gasteiger partial charge in [-0.15, -0.1) is 0 Å². The summed E-state index contributed by atoms with van der Waals surface area (Å²) in [4.78, 5) is 14.1. The number of ether oxygens (including phenoxy) is 1. The fourth-order valence-electron chi connectivity index (χ4n) is 1.09. The molecule has 0 N–H and O–H groups in total. The Hall–Kier alpha value is -1.30. The zero-order valence-corrected chi connectivity index (χ0v) is 11.0. The van der Waals surface area contributed by atoms with E-state index in [9.17, 15) is 10.1 Å². The molecule has 0 atom stereocenters. The van der Waals surface area contributed by atoms with Crippen LogP contribution in [0.4, 0.5) is 5.82 Å². The summed E-state index contributed by atoms with van der Waals surface area (Å²) in [7, 11) is 0. The topological polar surface area (TPSA) is 65.3 Å². The Morgan fingerprint density at radius 3 is 2.71 bits per heavy atom. The Kier molecular flexibility index (Phi) is 4.34. The van der Waals surface area contributed by atoms with Gasteiger partial charge in [-0.3, -0.25) is 0 Å². The number of nitro groups is 1. The lowest BCUT2D eigenvalue weighted by Crippen LogP contribution is -2.23. The lowest BCUT2D eigenvalue weighted by molar-refractivity contribution is -0.390. The van der Waals surface area contributed by atoms with E-state index in [2.05, 4.69) is 17.6 Å². The van der Waals surface area contributed by atoms with Gasteiger partial charge in [0.2, 0.25) is 5.75 Å². The van der Waals surface area contributed by atoms with Crippen molar-refractivity contribution in [3.8, 4) is 5.75 Å². The molecule has 1 heterocycles. The molecule has 0 radical (unpaired) electrons. The number of rotatable bonds is 5. The number of pyridine rings is 1. The molecule has 17 heavy (non-hydrogen) atoms. The predicted molar refractivity (Wildman–Crippen MR) is 68.8 cm³/mol. The minimum atomic E-state index is -0.532. The molecule has 0 unspecified atom stereocenters. The first-order valence-corrected chi connectivity index (χ1v) is 5.85. The molecule has 6 heteroatoms. The maximum Gasteiger partial charge on any atom is 0.406 e. The molecule has 0 aliphatic carbocycles. The number of aromatic nitrogens is 1. The van der Waals surface area contributed by atoms with Crippen molar-refractivity contribution < 1.29 is 9.66 Å². The van der Waals surface area contributed by atoms with E-state index in [-0.39, 0.29) is 17.0 Å². The Morgan fingerprint density at radius 2 is 2.18 bits per heavy atom. The van der Waals surface area contributed by atoms with Crippen LogP contribution in [0, 0.1) is 22.5 Å². The van der Waals surface area contributed by atoms with Gasteiger partial charge < -0.3 is 14.9 Å². The molecule has 0 fully saturated rings. The summed E-state index contributed by atoms with van der Waals surface area (Å²) < 4.78 is 5.46. The number of hydrogen-bond donors (Lipinski definition) is 1. The van der Waals surface area contributed by atoms with E-state index < -0.39 is 4.92 Å². The number of nitrogens with zero attached hydrogens (tertiary/aromatic N) is 2. The van der Waals surface area contributed by atoms with Crippen LogP contribution in [0.1, 0.15) is 19.5 Å². The molecule has 1 aromatic rings. The second-order valence-electron chi connectivity index (χ2n) is 4.64. The minimum absolute atomic E-state index is 0.137. The van der Waals surface area contributed by atoms with E-state index in [1.165, 1.54) is 0 Å². The van der Waals surface area contributed by atoms with Crippen LogP contribution in [0.15, 0.2) is 12.1 Å². The summed E-state index contributed by atoms with van der Waals surface area (Å²) >= 11 is 4.20. The highest BCUT2D eigenvalue weighted by Gasteiger charge is 2.22. The molecule has 0 bridgehead atoms. The molecule has 1 rings (SSSR count). The van der Waals surface area contributed by atoms with Gasteiger partial charge >= 0.3 is 5.82 Å². The van der Waals surface area contributed by atoms with Gasteiger partial charge in [-0.05, 0) is 27.8 Å². The molecular weight excluding hydrogens is 240 g/mol. The van der Waals surface area contributed by atoms with Gasteiger partial charge in [0.05, 0.1) is 6.61 Å². The molecule has 0 aromatic carbocycles. The van der Waals surface area contributed by atoms with Gasteiger partial charge in [-0.1, -0.05) is 13.8 Å². The summed E-state index contributed by atoms with van der Waals surface area (Å²) in [6, 6.07) is 3.27. The summed E-state index contributed by atoms with van der Waals surface area (Å²) in [6.07, 6.45) is 0. The fraction of sp³-hybridized carbons (Fsp3) is 0.545. The highest BCUT2D eigenvalue weighted by molar-refractivity contribution is 7.80. The molecule has 0 saturated heterocycles. The average molecular weight is 256 g/mol. The maximum absolute atomic E-state index is 10.8.